The van der Waals surface area contributed by atoms with Crippen molar-refractivity contribution in [3.8, 4) is 5.75 Å². The van der Waals surface area contributed by atoms with E-state index in [2.05, 4.69) is 28.9 Å². The quantitative estimate of drug-likeness (QED) is 0.853. The smallest absolute Gasteiger partial charge is 0.119 e. The van der Waals surface area contributed by atoms with Crippen molar-refractivity contribution in [2.75, 3.05) is 52.5 Å². The van der Waals surface area contributed by atoms with Crippen LogP contribution in [0, 0.1) is 6.92 Å². The Morgan fingerprint density at radius 2 is 1.85 bits per heavy atom. The Balaban J connectivity index is 1.69. The highest BCUT2D eigenvalue weighted by Crippen LogP contribution is 2.12. The van der Waals surface area contributed by atoms with Crippen LogP contribution in [0.2, 0.25) is 0 Å². The molecular formula is C16H26N2O2. The summed E-state index contributed by atoms with van der Waals surface area (Å²) >= 11 is 0. The molecule has 0 aromatic heterocycles. The molecule has 1 aromatic rings. The summed E-state index contributed by atoms with van der Waals surface area (Å²) in [5.74, 6) is 0.960. The number of ether oxygens (including phenoxy) is 1. The maximum absolute atomic E-state index is 8.99. The average molecular weight is 278 g/mol. The third-order valence-electron chi connectivity index (χ3n) is 3.76. The summed E-state index contributed by atoms with van der Waals surface area (Å²) in [5.41, 5.74) is 1.23. The second kappa shape index (κ2) is 8.25. The predicted octanol–water partition coefficient (Wildman–Crippen LogP) is 1.37. The first-order valence-electron chi connectivity index (χ1n) is 7.53. The van der Waals surface area contributed by atoms with Crippen LogP contribution in [-0.4, -0.2) is 67.4 Å². The zero-order chi connectivity index (χ0) is 14.2. The molecule has 1 fully saturated rings. The van der Waals surface area contributed by atoms with Crippen molar-refractivity contribution in [2.24, 2.45) is 0 Å². The number of aliphatic hydroxyl groups excluding tert-OH is 1. The minimum atomic E-state index is 0.260. The van der Waals surface area contributed by atoms with Crippen LogP contribution in [0.15, 0.2) is 24.3 Å². The van der Waals surface area contributed by atoms with Crippen LogP contribution in [0.5, 0.6) is 5.75 Å². The van der Waals surface area contributed by atoms with E-state index in [-0.39, 0.29) is 6.61 Å². The molecule has 20 heavy (non-hydrogen) atoms. The maximum atomic E-state index is 8.99. The van der Waals surface area contributed by atoms with Crippen LogP contribution in [0.25, 0.3) is 0 Å². The molecule has 1 aromatic carbocycles. The summed E-state index contributed by atoms with van der Waals surface area (Å²) in [5, 5.41) is 8.99. The van der Waals surface area contributed by atoms with E-state index in [0.29, 0.717) is 0 Å². The van der Waals surface area contributed by atoms with Crippen molar-refractivity contribution in [1.82, 2.24) is 9.80 Å². The van der Waals surface area contributed by atoms with Gasteiger partial charge in [0.2, 0.25) is 0 Å². The summed E-state index contributed by atoms with van der Waals surface area (Å²) in [7, 11) is 0. The van der Waals surface area contributed by atoms with E-state index in [0.717, 1.165) is 51.6 Å². The largest absolute Gasteiger partial charge is 0.492 e. The molecule has 0 saturated carbocycles. The molecule has 4 heteroatoms. The average Bonchev–Trinajstić information content (AvgIpc) is 2.65. The number of hydrogen-bond donors (Lipinski definition) is 1. The van der Waals surface area contributed by atoms with Gasteiger partial charge in [0.25, 0.3) is 0 Å². The minimum absolute atomic E-state index is 0.260. The van der Waals surface area contributed by atoms with Gasteiger partial charge in [0.05, 0.1) is 6.61 Å². The summed E-state index contributed by atoms with van der Waals surface area (Å²) < 4.78 is 5.81. The highest BCUT2D eigenvalue weighted by Gasteiger charge is 2.13. The van der Waals surface area contributed by atoms with E-state index in [1.165, 1.54) is 12.0 Å². The molecule has 1 saturated heterocycles. The zero-order valence-electron chi connectivity index (χ0n) is 12.4. The van der Waals surface area contributed by atoms with Crippen LogP contribution in [0.3, 0.4) is 0 Å². The Kier molecular flexibility index (Phi) is 6.30. The Morgan fingerprint density at radius 1 is 1.10 bits per heavy atom. The van der Waals surface area contributed by atoms with Gasteiger partial charge in [-0.25, -0.2) is 0 Å². The lowest BCUT2D eigenvalue weighted by atomic mass is 10.2. The van der Waals surface area contributed by atoms with Gasteiger partial charge in [0, 0.05) is 26.2 Å². The molecule has 0 unspecified atom stereocenters. The van der Waals surface area contributed by atoms with Gasteiger partial charge >= 0.3 is 0 Å². The van der Waals surface area contributed by atoms with Gasteiger partial charge < -0.3 is 9.84 Å². The molecule has 4 nitrogen and oxygen atoms in total. The van der Waals surface area contributed by atoms with Gasteiger partial charge in [0.15, 0.2) is 0 Å². The van der Waals surface area contributed by atoms with Crippen LogP contribution in [-0.2, 0) is 0 Å². The lowest BCUT2D eigenvalue weighted by Crippen LogP contribution is -2.34. The van der Waals surface area contributed by atoms with Crippen LogP contribution in [0.1, 0.15) is 12.0 Å². The van der Waals surface area contributed by atoms with Crippen LogP contribution < -0.4 is 4.74 Å². The number of aryl methyl sites for hydroxylation is 1. The fraction of sp³-hybridized carbons (Fsp3) is 0.625. The van der Waals surface area contributed by atoms with E-state index in [1.54, 1.807) is 0 Å². The maximum Gasteiger partial charge on any atom is 0.119 e. The Labute approximate surface area is 122 Å². The molecule has 2 rings (SSSR count). The molecule has 0 radical (unpaired) electrons. The summed E-state index contributed by atoms with van der Waals surface area (Å²) in [4.78, 5) is 4.79. The van der Waals surface area contributed by atoms with Crippen molar-refractivity contribution < 1.29 is 9.84 Å². The Hall–Kier alpha value is -1.10. The van der Waals surface area contributed by atoms with E-state index < -0.39 is 0 Å². The lowest BCUT2D eigenvalue weighted by Gasteiger charge is -2.21. The standard InChI is InChI=1S/C16H26N2O2/c1-15-4-2-5-16(14-15)20-13-11-18-7-3-6-17(8-9-18)10-12-19/h2,4-5,14,19H,3,6-13H2,1H3. The third kappa shape index (κ3) is 5.12. The first kappa shape index (κ1) is 15.3. The minimum Gasteiger partial charge on any atom is -0.492 e. The summed E-state index contributed by atoms with van der Waals surface area (Å²) in [6.45, 7) is 9.18. The molecule has 112 valence electrons. The van der Waals surface area contributed by atoms with Crippen molar-refractivity contribution in [3.05, 3.63) is 29.8 Å². The third-order valence-corrected chi connectivity index (χ3v) is 3.76. The molecular weight excluding hydrogens is 252 g/mol. The Bertz CT molecular complexity index is 398. The molecule has 1 heterocycles. The number of rotatable bonds is 6. The normalized spacial score (nSPS) is 17.9. The highest BCUT2D eigenvalue weighted by molar-refractivity contribution is 5.27. The monoisotopic (exact) mass is 278 g/mol. The van der Waals surface area contributed by atoms with E-state index in [1.807, 2.05) is 12.1 Å². The van der Waals surface area contributed by atoms with Gasteiger partial charge in [-0.2, -0.15) is 0 Å². The van der Waals surface area contributed by atoms with Gasteiger partial charge in [-0.05, 0) is 44.1 Å². The molecule has 1 aliphatic heterocycles. The fourth-order valence-electron chi connectivity index (χ4n) is 2.61. The second-order valence-electron chi connectivity index (χ2n) is 5.43. The highest BCUT2D eigenvalue weighted by atomic mass is 16.5. The number of aliphatic hydroxyl groups is 1. The molecule has 1 aliphatic rings. The second-order valence-corrected chi connectivity index (χ2v) is 5.43. The van der Waals surface area contributed by atoms with E-state index in [9.17, 15) is 0 Å². The van der Waals surface area contributed by atoms with Gasteiger partial charge in [-0.1, -0.05) is 12.1 Å². The summed E-state index contributed by atoms with van der Waals surface area (Å²) in [6.07, 6.45) is 1.17. The van der Waals surface area contributed by atoms with Crippen molar-refractivity contribution in [2.45, 2.75) is 13.3 Å². The van der Waals surface area contributed by atoms with Gasteiger partial charge in [-0.15, -0.1) is 0 Å². The molecule has 0 amide bonds. The predicted molar refractivity (Wildman–Crippen MR) is 81.3 cm³/mol. The molecule has 0 bridgehead atoms. The zero-order valence-corrected chi connectivity index (χ0v) is 12.4. The number of nitrogens with zero attached hydrogens (tertiary/aromatic N) is 2. The first-order valence-corrected chi connectivity index (χ1v) is 7.53. The van der Waals surface area contributed by atoms with E-state index in [4.69, 9.17) is 9.84 Å². The topological polar surface area (TPSA) is 35.9 Å². The molecule has 0 atom stereocenters. The van der Waals surface area contributed by atoms with Crippen LogP contribution >= 0.6 is 0 Å². The van der Waals surface area contributed by atoms with Crippen molar-refractivity contribution in [1.29, 1.82) is 0 Å². The lowest BCUT2D eigenvalue weighted by molar-refractivity contribution is 0.188. The van der Waals surface area contributed by atoms with Crippen LogP contribution in [0.4, 0.5) is 0 Å². The fourth-order valence-corrected chi connectivity index (χ4v) is 2.61. The summed E-state index contributed by atoms with van der Waals surface area (Å²) in [6, 6.07) is 8.20. The molecule has 1 N–H and O–H groups in total. The van der Waals surface area contributed by atoms with Crippen molar-refractivity contribution >= 4 is 0 Å². The first-order chi connectivity index (χ1) is 9.78. The number of benzene rings is 1. The van der Waals surface area contributed by atoms with Crippen molar-refractivity contribution in [3.63, 3.8) is 0 Å². The number of hydrogen-bond acceptors (Lipinski definition) is 4. The van der Waals surface area contributed by atoms with E-state index >= 15 is 0 Å². The number of β-amino-alcohol motifs (C(OH)–C–C–N with tert-alkyl or cyclic N) is 1. The molecule has 0 spiro atoms. The van der Waals surface area contributed by atoms with Gasteiger partial charge in [-0.3, -0.25) is 9.80 Å². The molecule has 0 aliphatic carbocycles. The SMILES string of the molecule is Cc1cccc(OCCN2CCCN(CCO)CC2)c1. The van der Waals surface area contributed by atoms with Gasteiger partial charge in [0.1, 0.15) is 12.4 Å². The Morgan fingerprint density at radius 3 is 2.55 bits per heavy atom.